The fraction of sp³-hybridized carbons (Fsp3) is 0.450. The second-order valence-corrected chi connectivity index (χ2v) is 7.83. The minimum absolute atomic E-state index is 0.212. The Morgan fingerprint density at radius 3 is 2.52 bits per heavy atom. The molecule has 1 N–H and O–H groups in total. The summed E-state index contributed by atoms with van der Waals surface area (Å²) >= 11 is 1.41. The van der Waals surface area contributed by atoms with Crippen LogP contribution < -0.4 is 5.32 Å². The minimum Gasteiger partial charge on any atom is -0.469 e. The number of methoxy groups -OCH3 is 1. The highest BCUT2D eigenvalue weighted by molar-refractivity contribution is 7.11. The lowest BCUT2D eigenvalue weighted by Gasteiger charge is -2.18. The van der Waals surface area contributed by atoms with Crippen LogP contribution in [0.4, 0.5) is 4.79 Å². The average molecular weight is 391 g/mol. The number of rotatable bonds is 8. The summed E-state index contributed by atoms with van der Waals surface area (Å²) in [7, 11) is 1.37. The van der Waals surface area contributed by atoms with Gasteiger partial charge in [0.2, 0.25) is 0 Å². The summed E-state index contributed by atoms with van der Waals surface area (Å²) in [6, 6.07) is 9.25. The zero-order valence-electron chi connectivity index (χ0n) is 16.1. The maximum atomic E-state index is 12.2. The van der Waals surface area contributed by atoms with Gasteiger partial charge in [0.1, 0.15) is 11.6 Å². The smallest absolute Gasteiger partial charge is 0.408 e. The van der Waals surface area contributed by atoms with E-state index in [1.165, 1.54) is 18.4 Å². The van der Waals surface area contributed by atoms with Crippen LogP contribution in [0.1, 0.15) is 54.6 Å². The summed E-state index contributed by atoms with van der Waals surface area (Å²) in [5.41, 5.74) is 0.927. The standard InChI is InChI=1S/C20H26N2O4S/c1-13(2)10-16(18-21-11-17(27-18)14(3)19(23)25-4)22-20(24)26-12-15-8-6-5-7-9-15/h5-9,11,13-14,16H,10,12H2,1-4H3,(H,22,24). The molecule has 1 amide bonds. The number of hydrogen-bond donors (Lipinski definition) is 1. The van der Waals surface area contributed by atoms with Crippen LogP contribution in [-0.4, -0.2) is 24.2 Å². The van der Waals surface area contributed by atoms with Gasteiger partial charge in [0.25, 0.3) is 0 Å². The number of nitrogens with one attached hydrogen (secondary N) is 1. The van der Waals surface area contributed by atoms with Gasteiger partial charge in [-0.2, -0.15) is 0 Å². The molecule has 2 aromatic rings. The molecule has 0 saturated heterocycles. The molecule has 0 fully saturated rings. The largest absolute Gasteiger partial charge is 0.469 e. The highest BCUT2D eigenvalue weighted by atomic mass is 32.1. The van der Waals surface area contributed by atoms with Crippen LogP contribution in [0.3, 0.4) is 0 Å². The normalized spacial score (nSPS) is 13.1. The number of hydrogen-bond acceptors (Lipinski definition) is 6. The first-order valence-electron chi connectivity index (χ1n) is 8.91. The molecule has 27 heavy (non-hydrogen) atoms. The second-order valence-electron chi connectivity index (χ2n) is 6.73. The Morgan fingerprint density at radius 1 is 1.19 bits per heavy atom. The number of aromatic nitrogens is 1. The highest BCUT2D eigenvalue weighted by Crippen LogP contribution is 2.30. The maximum Gasteiger partial charge on any atom is 0.408 e. The summed E-state index contributed by atoms with van der Waals surface area (Å²) < 4.78 is 10.1. The Morgan fingerprint density at radius 2 is 1.89 bits per heavy atom. The van der Waals surface area contributed by atoms with Gasteiger partial charge in [-0.15, -0.1) is 11.3 Å². The van der Waals surface area contributed by atoms with Crippen molar-refractivity contribution >= 4 is 23.4 Å². The van der Waals surface area contributed by atoms with E-state index < -0.39 is 6.09 Å². The van der Waals surface area contributed by atoms with Crippen LogP contribution in [0.5, 0.6) is 0 Å². The molecule has 0 aliphatic rings. The Kier molecular flexibility index (Phi) is 7.79. The van der Waals surface area contributed by atoms with Crippen molar-refractivity contribution in [2.24, 2.45) is 5.92 Å². The van der Waals surface area contributed by atoms with Crippen molar-refractivity contribution in [3.05, 3.63) is 52.0 Å². The van der Waals surface area contributed by atoms with Gasteiger partial charge in [-0.1, -0.05) is 44.2 Å². The van der Waals surface area contributed by atoms with Crippen molar-refractivity contribution in [1.82, 2.24) is 10.3 Å². The first kappa shape index (κ1) is 20.9. The lowest BCUT2D eigenvalue weighted by molar-refractivity contribution is -0.141. The van der Waals surface area contributed by atoms with E-state index in [1.807, 2.05) is 30.3 Å². The van der Waals surface area contributed by atoms with E-state index in [1.54, 1.807) is 13.1 Å². The van der Waals surface area contributed by atoms with Crippen molar-refractivity contribution in [2.75, 3.05) is 7.11 Å². The zero-order chi connectivity index (χ0) is 19.8. The van der Waals surface area contributed by atoms with Crippen molar-refractivity contribution in [3.63, 3.8) is 0 Å². The number of nitrogens with zero attached hydrogens (tertiary/aromatic N) is 1. The van der Waals surface area contributed by atoms with E-state index in [2.05, 4.69) is 24.1 Å². The number of benzene rings is 1. The van der Waals surface area contributed by atoms with Gasteiger partial charge >= 0.3 is 12.1 Å². The third-order valence-electron chi connectivity index (χ3n) is 4.03. The quantitative estimate of drug-likeness (QED) is 0.675. The summed E-state index contributed by atoms with van der Waals surface area (Å²) in [5.74, 6) is -0.332. The van der Waals surface area contributed by atoms with E-state index in [0.717, 1.165) is 21.9 Å². The Hall–Kier alpha value is -2.41. The molecule has 0 saturated carbocycles. The molecule has 1 aromatic carbocycles. The van der Waals surface area contributed by atoms with E-state index >= 15 is 0 Å². The predicted octanol–water partition coefficient (Wildman–Crippen LogP) is 4.43. The summed E-state index contributed by atoms with van der Waals surface area (Å²) in [6.45, 7) is 6.15. The molecule has 0 spiro atoms. The number of esters is 1. The molecular weight excluding hydrogens is 364 g/mol. The van der Waals surface area contributed by atoms with Crippen LogP contribution in [0, 0.1) is 5.92 Å². The van der Waals surface area contributed by atoms with Crippen molar-refractivity contribution in [1.29, 1.82) is 0 Å². The predicted molar refractivity (Wildman–Crippen MR) is 105 cm³/mol. The number of carbonyl (C=O) groups excluding carboxylic acids is 2. The molecule has 2 unspecified atom stereocenters. The van der Waals surface area contributed by atoms with Gasteiger partial charge in [0.05, 0.1) is 19.1 Å². The van der Waals surface area contributed by atoms with Gasteiger partial charge in [0, 0.05) is 11.1 Å². The van der Waals surface area contributed by atoms with Crippen LogP contribution in [-0.2, 0) is 20.9 Å². The lowest BCUT2D eigenvalue weighted by atomic mass is 10.0. The molecule has 1 aromatic heterocycles. The average Bonchev–Trinajstić information content (AvgIpc) is 3.15. The Labute approximate surface area is 163 Å². The van der Waals surface area contributed by atoms with Gasteiger partial charge in [0.15, 0.2) is 0 Å². The van der Waals surface area contributed by atoms with Crippen LogP contribution in [0.2, 0.25) is 0 Å². The van der Waals surface area contributed by atoms with Gasteiger partial charge in [-0.3, -0.25) is 4.79 Å². The molecule has 1 heterocycles. The van der Waals surface area contributed by atoms with Crippen LogP contribution in [0.15, 0.2) is 36.5 Å². The van der Waals surface area contributed by atoms with E-state index in [-0.39, 0.29) is 24.5 Å². The Balaban J connectivity index is 2.03. The number of ether oxygens (including phenoxy) is 2. The van der Waals surface area contributed by atoms with Crippen molar-refractivity contribution in [3.8, 4) is 0 Å². The molecule has 2 atom stereocenters. The summed E-state index contributed by atoms with van der Waals surface area (Å²) in [4.78, 5) is 29.2. The number of carbonyl (C=O) groups is 2. The third-order valence-corrected chi connectivity index (χ3v) is 5.33. The fourth-order valence-corrected chi connectivity index (χ4v) is 3.58. The molecule has 0 bridgehead atoms. The highest BCUT2D eigenvalue weighted by Gasteiger charge is 2.24. The van der Waals surface area contributed by atoms with Crippen LogP contribution >= 0.6 is 11.3 Å². The first-order chi connectivity index (χ1) is 12.9. The summed E-state index contributed by atoms with van der Waals surface area (Å²) in [6.07, 6.45) is 1.91. The van der Waals surface area contributed by atoms with Gasteiger partial charge < -0.3 is 14.8 Å². The van der Waals surface area contributed by atoms with E-state index in [0.29, 0.717) is 5.92 Å². The fourth-order valence-electron chi connectivity index (χ4n) is 2.55. The van der Waals surface area contributed by atoms with E-state index in [9.17, 15) is 9.59 Å². The topological polar surface area (TPSA) is 77.5 Å². The summed E-state index contributed by atoms with van der Waals surface area (Å²) in [5, 5.41) is 3.66. The van der Waals surface area contributed by atoms with E-state index in [4.69, 9.17) is 9.47 Å². The van der Waals surface area contributed by atoms with Gasteiger partial charge in [-0.25, -0.2) is 9.78 Å². The number of amides is 1. The van der Waals surface area contributed by atoms with Crippen LogP contribution in [0.25, 0.3) is 0 Å². The number of alkyl carbamates (subject to hydrolysis) is 1. The van der Waals surface area contributed by atoms with Crippen molar-refractivity contribution in [2.45, 2.75) is 45.8 Å². The maximum absolute atomic E-state index is 12.2. The molecule has 146 valence electrons. The molecular formula is C20H26N2O4S. The molecule has 6 nitrogen and oxygen atoms in total. The molecule has 7 heteroatoms. The Bertz CT molecular complexity index is 745. The van der Waals surface area contributed by atoms with Gasteiger partial charge in [-0.05, 0) is 24.8 Å². The third kappa shape index (κ3) is 6.36. The molecule has 0 aliphatic heterocycles. The second kappa shape index (κ2) is 10.1. The molecule has 0 radical (unpaired) electrons. The zero-order valence-corrected chi connectivity index (χ0v) is 16.9. The SMILES string of the molecule is COC(=O)C(C)c1cnc(C(CC(C)C)NC(=O)OCc2ccccc2)s1. The first-order valence-corrected chi connectivity index (χ1v) is 9.73. The molecule has 2 rings (SSSR count). The monoisotopic (exact) mass is 390 g/mol. The number of thiazole rings is 1. The lowest BCUT2D eigenvalue weighted by Crippen LogP contribution is -2.30. The van der Waals surface area contributed by atoms with Crippen molar-refractivity contribution < 1.29 is 19.1 Å². The minimum atomic E-state index is -0.484. The molecule has 0 aliphatic carbocycles.